The van der Waals surface area contributed by atoms with Crippen LogP contribution >= 0.6 is 0 Å². The lowest BCUT2D eigenvalue weighted by Gasteiger charge is -2.14. The molecule has 37 heavy (non-hydrogen) atoms. The third-order valence-corrected chi connectivity index (χ3v) is 6.02. The van der Waals surface area contributed by atoms with Crippen LogP contribution in [0.25, 0.3) is 22.8 Å². The van der Waals surface area contributed by atoms with E-state index in [-0.39, 0.29) is 18.4 Å². The van der Waals surface area contributed by atoms with Crippen molar-refractivity contribution in [3.05, 3.63) is 77.6 Å². The molecule has 2 amide bonds. The fraction of sp³-hybridized carbons (Fsp3) is 0.214. The van der Waals surface area contributed by atoms with Gasteiger partial charge in [-0.15, -0.1) is 0 Å². The maximum atomic E-state index is 12.4. The van der Waals surface area contributed by atoms with Gasteiger partial charge in [-0.3, -0.25) is 9.59 Å². The minimum absolute atomic E-state index is 0.0810. The predicted molar refractivity (Wildman–Crippen MR) is 140 cm³/mol. The third kappa shape index (κ3) is 5.30. The summed E-state index contributed by atoms with van der Waals surface area (Å²) in [5.74, 6) is 1.09. The Morgan fingerprint density at radius 1 is 1.08 bits per heavy atom. The molecule has 0 saturated heterocycles. The maximum absolute atomic E-state index is 12.4. The number of amides is 2. The molecule has 2 aromatic carbocycles. The molecule has 0 radical (unpaired) electrons. The summed E-state index contributed by atoms with van der Waals surface area (Å²) in [6.07, 6.45) is 2.43. The minimum Gasteiger partial charge on any atom is -0.490 e. The molecule has 3 heterocycles. The van der Waals surface area contributed by atoms with Gasteiger partial charge in [0, 0.05) is 36.1 Å². The van der Waals surface area contributed by atoms with Crippen molar-refractivity contribution in [2.45, 2.75) is 20.3 Å². The largest absolute Gasteiger partial charge is 0.490 e. The number of fused-ring (bicyclic) bond motifs is 1. The van der Waals surface area contributed by atoms with Gasteiger partial charge in [0.05, 0.1) is 23.6 Å². The second-order valence-electron chi connectivity index (χ2n) is 8.59. The maximum Gasteiger partial charge on any atom is 0.262 e. The molecule has 0 saturated carbocycles. The van der Waals surface area contributed by atoms with Gasteiger partial charge >= 0.3 is 0 Å². The Hall–Kier alpha value is -4.66. The van der Waals surface area contributed by atoms with Crippen molar-refractivity contribution in [3.8, 4) is 34.3 Å². The molecule has 0 fully saturated rings. The van der Waals surface area contributed by atoms with Crippen molar-refractivity contribution in [2.24, 2.45) is 0 Å². The zero-order valence-electron chi connectivity index (χ0n) is 20.6. The molecule has 5 rings (SSSR count). The Morgan fingerprint density at radius 2 is 1.95 bits per heavy atom. The van der Waals surface area contributed by atoms with Gasteiger partial charge in [0.25, 0.3) is 11.8 Å². The first-order chi connectivity index (χ1) is 18.0. The highest BCUT2D eigenvalue weighted by molar-refractivity contribution is 5.97. The molecule has 2 aromatic heterocycles. The van der Waals surface area contributed by atoms with Gasteiger partial charge in [-0.25, -0.2) is 9.97 Å². The van der Waals surface area contributed by atoms with Gasteiger partial charge in [0.1, 0.15) is 0 Å². The van der Waals surface area contributed by atoms with Crippen molar-refractivity contribution in [3.63, 3.8) is 0 Å². The van der Waals surface area contributed by atoms with Gasteiger partial charge in [0.15, 0.2) is 23.9 Å². The van der Waals surface area contributed by atoms with E-state index in [0.717, 1.165) is 34.6 Å². The van der Waals surface area contributed by atoms with E-state index >= 15 is 0 Å². The van der Waals surface area contributed by atoms with E-state index in [1.807, 2.05) is 50.2 Å². The molecule has 1 aliphatic rings. The summed E-state index contributed by atoms with van der Waals surface area (Å²) in [5, 5.41) is 5.71. The van der Waals surface area contributed by atoms with Gasteiger partial charge in [-0.1, -0.05) is 18.2 Å². The third-order valence-electron chi connectivity index (χ3n) is 6.02. The van der Waals surface area contributed by atoms with Gasteiger partial charge in [0.2, 0.25) is 0 Å². The fourth-order valence-corrected chi connectivity index (χ4v) is 4.16. The number of ether oxygens (including phenoxy) is 2. The first-order valence-corrected chi connectivity index (χ1v) is 12.1. The number of hydrogen-bond donors (Lipinski definition) is 3. The molecular weight excluding hydrogens is 470 g/mol. The zero-order valence-corrected chi connectivity index (χ0v) is 20.6. The number of benzene rings is 2. The van der Waals surface area contributed by atoms with Crippen LogP contribution in [0.1, 0.15) is 28.5 Å². The van der Waals surface area contributed by atoms with Crippen LogP contribution < -0.4 is 20.1 Å². The molecule has 3 N–H and O–H groups in total. The number of nitrogens with zero attached hydrogens (tertiary/aromatic N) is 2. The lowest BCUT2D eigenvalue weighted by Crippen LogP contribution is -2.31. The standard InChI is InChI=1S/C28H27N5O4/c1-3-36-25-14-18(8-9-24(25)37-16-26(34)32-20-7-5-4-6-17(20)2)27-29-12-11-22(33-27)23-15-19-21(31-23)10-13-30-28(19)35/h4-9,11-12,14-15,31H,3,10,13,16H2,1-2H3,(H,30,35)(H,32,34). The first-order valence-electron chi connectivity index (χ1n) is 12.1. The van der Waals surface area contributed by atoms with Gasteiger partial charge in [-0.05, 0) is 55.8 Å². The Bertz CT molecular complexity index is 1460. The normalized spacial score (nSPS) is 12.4. The summed E-state index contributed by atoms with van der Waals surface area (Å²) in [5.41, 5.74) is 5.44. The summed E-state index contributed by atoms with van der Waals surface area (Å²) in [4.78, 5) is 37.0. The average molecular weight is 498 g/mol. The molecule has 0 aliphatic carbocycles. The van der Waals surface area contributed by atoms with E-state index in [2.05, 4.69) is 20.6 Å². The number of anilines is 1. The van der Waals surface area contributed by atoms with Crippen molar-refractivity contribution in [1.29, 1.82) is 0 Å². The highest BCUT2D eigenvalue weighted by Crippen LogP contribution is 2.32. The molecular formula is C28H27N5O4. The number of nitrogens with one attached hydrogen (secondary N) is 3. The Balaban J connectivity index is 1.34. The minimum atomic E-state index is -0.265. The Morgan fingerprint density at radius 3 is 2.76 bits per heavy atom. The second-order valence-corrected chi connectivity index (χ2v) is 8.59. The monoisotopic (exact) mass is 497 g/mol. The Labute approximate surface area is 214 Å². The smallest absolute Gasteiger partial charge is 0.262 e. The van der Waals surface area contributed by atoms with Crippen molar-refractivity contribution >= 4 is 17.5 Å². The van der Waals surface area contributed by atoms with Crippen LogP contribution in [0.5, 0.6) is 11.5 Å². The van der Waals surface area contributed by atoms with Crippen LogP contribution in [0.4, 0.5) is 5.69 Å². The van der Waals surface area contributed by atoms with Gasteiger partial charge in [-0.2, -0.15) is 0 Å². The highest BCUT2D eigenvalue weighted by Gasteiger charge is 2.21. The lowest BCUT2D eigenvalue weighted by molar-refractivity contribution is -0.118. The second kappa shape index (κ2) is 10.5. The number of carbonyl (C=O) groups is 2. The van der Waals surface area contributed by atoms with E-state index in [4.69, 9.17) is 14.5 Å². The number of carbonyl (C=O) groups excluding carboxylic acids is 2. The van der Waals surface area contributed by atoms with Crippen LogP contribution in [0.3, 0.4) is 0 Å². The van der Waals surface area contributed by atoms with Crippen LogP contribution in [-0.2, 0) is 11.2 Å². The van der Waals surface area contributed by atoms with Gasteiger partial charge < -0.3 is 25.1 Å². The van der Waals surface area contributed by atoms with Crippen LogP contribution in [0, 0.1) is 6.92 Å². The van der Waals surface area contributed by atoms with Crippen molar-refractivity contribution in [1.82, 2.24) is 20.3 Å². The molecule has 0 bridgehead atoms. The zero-order chi connectivity index (χ0) is 25.8. The van der Waals surface area contributed by atoms with Crippen LogP contribution in [-0.4, -0.2) is 46.5 Å². The summed E-state index contributed by atoms with van der Waals surface area (Å²) < 4.78 is 11.6. The van der Waals surface area contributed by atoms with Crippen LogP contribution in [0.15, 0.2) is 60.8 Å². The number of aromatic amines is 1. The quantitative estimate of drug-likeness (QED) is 0.337. The lowest BCUT2D eigenvalue weighted by atomic mass is 10.1. The number of para-hydroxylation sites is 1. The SMILES string of the molecule is CCOc1cc(-c2nccc(-c3cc4c([nH]3)CCNC4=O)n2)ccc1OCC(=O)Nc1ccccc1C. The van der Waals surface area contributed by atoms with Crippen molar-refractivity contribution < 1.29 is 19.1 Å². The molecule has 0 atom stereocenters. The van der Waals surface area contributed by atoms with E-state index in [1.165, 1.54) is 0 Å². The van der Waals surface area contributed by atoms with E-state index in [9.17, 15) is 9.59 Å². The highest BCUT2D eigenvalue weighted by atomic mass is 16.5. The van der Waals surface area contributed by atoms with E-state index in [1.54, 1.807) is 24.4 Å². The molecule has 0 unspecified atom stereocenters. The fourth-order valence-electron chi connectivity index (χ4n) is 4.16. The molecule has 9 nitrogen and oxygen atoms in total. The molecule has 0 spiro atoms. The molecule has 1 aliphatic heterocycles. The first kappa shape index (κ1) is 24.1. The van der Waals surface area contributed by atoms with Crippen LogP contribution in [0.2, 0.25) is 0 Å². The summed E-state index contributed by atoms with van der Waals surface area (Å²) >= 11 is 0. The predicted octanol–water partition coefficient (Wildman–Crippen LogP) is 4.15. The number of aromatic nitrogens is 3. The number of H-pyrrole nitrogens is 1. The number of rotatable bonds is 8. The Kier molecular flexibility index (Phi) is 6.85. The number of hydrogen-bond acceptors (Lipinski definition) is 6. The summed E-state index contributed by atoms with van der Waals surface area (Å²) in [6.45, 7) is 4.68. The number of aryl methyl sites for hydroxylation is 1. The topological polar surface area (TPSA) is 118 Å². The van der Waals surface area contributed by atoms with E-state index < -0.39 is 0 Å². The molecule has 188 valence electrons. The average Bonchev–Trinajstić information content (AvgIpc) is 3.36. The summed E-state index contributed by atoms with van der Waals surface area (Å²) in [6, 6.07) is 16.5. The molecule has 4 aromatic rings. The van der Waals surface area contributed by atoms with Crippen molar-refractivity contribution in [2.75, 3.05) is 25.1 Å². The molecule has 9 heteroatoms. The van der Waals surface area contributed by atoms with E-state index in [0.29, 0.717) is 41.7 Å². The summed E-state index contributed by atoms with van der Waals surface area (Å²) in [7, 11) is 0.